The van der Waals surface area contributed by atoms with E-state index in [4.69, 9.17) is 0 Å². The van der Waals surface area contributed by atoms with E-state index in [1.165, 1.54) is 0 Å². The maximum Gasteiger partial charge on any atom is 0.285 e. The molecule has 0 atom stereocenters. The number of carbonyl (C=O) groups excluding carboxylic acids is 1. The number of nitrogens with zero attached hydrogens (tertiary/aromatic N) is 1. The zero-order chi connectivity index (χ0) is 17.0. The van der Waals surface area contributed by atoms with Gasteiger partial charge in [0.1, 0.15) is 5.56 Å². The Kier molecular flexibility index (Phi) is 5.28. The van der Waals surface area contributed by atoms with Gasteiger partial charge in [-0.1, -0.05) is 12.1 Å². The summed E-state index contributed by atoms with van der Waals surface area (Å²) in [5, 5.41) is 13.3. The molecule has 0 aromatic heterocycles. The first-order valence-corrected chi connectivity index (χ1v) is 7.84. The average Bonchev–Trinajstić information content (AvgIpc) is 2.51. The van der Waals surface area contributed by atoms with Gasteiger partial charge in [-0.3, -0.25) is 14.9 Å². The molecule has 0 saturated carbocycles. The minimum atomic E-state index is -1.38. The summed E-state index contributed by atoms with van der Waals surface area (Å²) in [6.07, 6.45) is 1.96. The van der Waals surface area contributed by atoms with E-state index in [9.17, 15) is 23.7 Å². The van der Waals surface area contributed by atoms with Crippen LogP contribution in [-0.2, 0) is 5.75 Å². The van der Waals surface area contributed by atoms with E-state index in [1.54, 1.807) is 36.0 Å². The number of nitro groups is 1. The van der Waals surface area contributed by atoms with E-state index in [1.807, 2.05) is 6.26 Å². The summed E-state index contributed by atoms with van der Waals surface area (Å²) in [4.78, 5) is 22.1. The lowest BCUT2D eigenvalue weighted by Crippen LogP contribution is -2.15. The summed E-state index contributed by atoms with van der Waals surface area (Å²) >= 11 is 1.64. The molecule has 0 spiro atoms. The number of hydrogen-bond donors (Lipinski definition) is 1. The molecule has 5 nitrogen and oxygen atoms in total. The Labute approximate surface area is 134 Å². The highest BCUT2D eigenvalue weighted by Gasteiger charge is 2.24. The van der Waals surface area contributed by atoms with Crippen molar-refractivity contribution in [2.24, 2.45) is 0 Å². The molecule has 8 heteroatoms. The lowest BCUT2D eigenvalue weighted by Gasteiger charge is -2.07. The molecule has 0 heterocycles. The monoisotopic (exact) mass is 338 g/mol. The number of nitrogens with one attached hydrogen (secondary N) is 1. The normalized spacial score (nSPS) is 10.4. The molecule has 0 aliphatic carbocycles. The van der Waals surface area contributed by atoms with Gasteiger partial charge in [0.2, 0.25) is 0 Å². The fraction of sp³-hybridized carbons (Fsp3) is 0.133. The number of amides is 1. The Morgan fingerprint density at radius 3 is 2.39 bits per heavy atom. The fourth-order valence-corrected chi connectivity index (χ4v) is 2.44. The van der Waals surface area contributed by atoms with Crippen molar-refractivity contribution in [1.29, 1.82) is 0 Å². The molecule has 0 saturated heterocycles. The van der Waals surface area contributed by atoms with Crippen molar-refractivity contribution in [3.05, 3.63) is 69.3 Å². The lowest BCUT2D eigenvalue weighted by atomic mass is 10.1. The van der Waals surface area contributed by atoms with Crippen LogP contribution < -0.4 is 5.32 Å². The van der Waals surface area contributed by atoms with Crippen LogP contribution in [0.2, 0.25) is 0 Å². The molecular weight excluding hydrogens is 326 g/mol. The van der Waals surface area contributed by atoms with Crippen LogP contribution in [-0.4, -0.2) is 17.1 Å². The van der Waals surface area contributed by atoms with Crippen LogP contribution in [0.1, 0.15) is 15.9 Å². The summed E-state index contributed by atoms with van der Waals surface area (Å²) in [6.45, 7) is 0. The van der Waals surface area contributed by atoms with Crippen molar-refractivity contribution in [3.8, 4) is 0 Å². The Hall–Kier alpha value is -2.48. The van der Waals surface area contributed by atoms with Gasteiger partial charge >= 0.3 is 0 Å². The van der Waals surface area contributed by atoms with Crippen LogP contribution in [0.4, 0.5) is 20.2 Å². The zero-order valence-corrected chi connectivity index (χ0v) is 12.8. The molecule has 0 aliphatic rings. The lowest BCUT2D eigenvalue weighted by molar-refractivity contribution is -0.385. The molecule has 0 radical (unpaired) electrons. The predicted molar refractivity (Wildman–Crippen MR) is 84.6 cm³/mol. The number of nitro benzene ring substituents is 1. The molecule has 2 aromatic carbocycles. The molecule has 120 valence electrons. The molecule has 0 unspecified atom stereocenters. The van der Waals surface area contributed by atoms with E-state index in [2.05, 4.69) is 5.32 Å². The summed E-state index contributed by atoms with van der Waals surface area (Å²) in [5.41, 5.74) is 0.121. The van der Waals surface area contributed by atoms with Crippen molar-refractivity contribution in [3.63, 3.8) is 0 Å². The molecular formula is C15H12F2N2O3S. The Morgan fingerprint density at radius 2 is 1.83 bits per heavy atom. The first-order chi connectivity index (χ1) is 10.9. The highest BCUT2D eigenvalue weighted by molar-refractivity contribution is 7.97. The Balaban J connectivity index is 2.26. The number of anilines is 1. The second kappa shape index (κ2) is 7.19. The van der Waals surface area contributed by atoms with Crippen LogP contribution >= 0.6 is 11.8 Å². The van der Waals surface area contributed by atoms with E-state index < -0.39 is 33.7 Å². The minimum absolute atomic E-state index is 0.395. The van der Waals surface area contributed by atoms with Gasteiger partial charge in [-0.25, -0.2) is 8.78 Å². The SMILES string of the molecule is CSCc1ccc(NC(=O)c2cc(F)c(F)cc2[N+](=O)[O-])cc1. The van der Waals surface area contributed by atoms with Crippen LogP contribution in [0.25, 0.3) is 0 Å². The van der Waals surface area contributed by atoms with E-state index in [0.29, 0.717) is 17.8 Å². The van der Waals surface area contributed by atoms with Gasteiger partial charge in [-0.15, -0.1) is 0 Å². The third kappa shape index (κ3) is 4.04. The van der Waals surface area contributed by atoms with Gasteiger partial charge < -0.3 is 5.32 Å². The standard InChI is InChI=1S/C15H12F2N2O3S/c1-23-8-9-2-4-10(5-3-9)18-15(20)11-6-12(16)13(17)7-14(11)19(21)22/h2-7H,8H2,1H3,(H,18,20). The number of thioether (sulfide) groups is 1. The van der Waals surface area contributed by atoms with Crippen molar-refractivity contribution in [2.75, 3.05) is 11.6 Å². The zero-order valence-electron chi connectivity index (χ0n) is 12.0. The number of benzene rings is 2. The van der Waals surface area contributed by atoms with Gasteiger partial charge in [-0.2, -0.15) is 11.8 Å². The van der Waals surface area contributed by atoms with Crippen molar-refractivity contribution in [1.82, 2.24) is 0 Å². The fourth-order valence-electron chi connectivity index (χ4n) is 1.92. The quantitative estimate of drug-likeness (QED) is 0.661. The summed E-state index contributed by atoms with van der Waals surface area (Å²) < 4.78 is 26.4. The third-order valence-electron chi connectivity index (χ3n) is 3.00. The molecule has 2 aromatic rings. The first kappa shape index (κ1) is 16.9. The first-order valence-electron chi connectivity index (χ1n) is 6.45. The van der Waals surface area contributed by atoms with Crippen LogP contribution in [0.5, 0.6) is 0 Å². The summed E-state index contributed by atoms with van der Waals surface area (Å²) in [7, 11) is 0. The average molecular weight is 338 g/mol. The van der Waals surface area contributed by atoms with Crippen molar-refractivity contribution < 1.29 is 18.5 Å². The topological polar surface area (TPSA) is 72.2 Å². The number of rotatable bonds is 5. The largest absolute Gasteiger partial charge is 0.322 e. The number of carbonyl (C=O) groups is 1. The molecule has 0 fully saturated rings. The van der Waals surface area contributed by atoms with Crippen molar-refractivity contribution in [2.45, 2.75) is 5.75 Å². The molecule has 1 amide bonds. The minimum Gasteiger partial charge on any atom is -0.322 e. The molecule has 0 bridgehead atoms. The van der Waals surface area contributed by atoms with Gasteiger partial charge in [0.25, 0.3) is 11.6 Å². The second-order valence-corrected chi connectivity index (χ2v) is 5.49. The molecule has 1 N–H and O–H groups in total. The predicted octanol–water partition coefficient (Wildman–Crippen LogP) is 3.99. The van der Waals surface area contributed by atoms with Gasteiger partial charge in [-0.05, 0) is 30.0 Å². The second-order valence-electron chi connectivity index (χ2n) is 4.62. The number of halogens is 2. The van der Waals surface area contributed by atoms with Gasteiger partial charge in [0.05, 0.1) is 11.0 Å². The highest BCUT2D eigenvalue weighted by atomic mass is 32.2. The van der Waals surface area contributed by atoms with Gasteiger partial charge in [0.15, 0.2) is 11.6 Å². The van der Waals surface area contributed by atoms with Gasteiger partial charge in [0, 0.05) is 11.4 Å². The Morgan fingerprint density at radius 1 is 1.22 bits per heavy atom. The molecule has 0 aliphatic heterocycles. The molecule has 23 heavy (non-hydrogen) atoms. The van der Waals surface area contributed by atoms with Crippen LogP contribution in [0.15, 0.2) is 36.4 Å². The Bertz CT molecular complexity index is 751. The van der Waals surface area contributed by atoms with Crippen LogP contribution in [0.3, 0.4) is 0 Å². The highest BCUT2D eigenvalue weighted by Crippen LogP contribution is 2.23. The number of hydrogen-bond acceptors (Lipinski definition) is 4. The van der Waals surface area contributed by atoms with Crippen LogP contribution in [0, 0.1) is 21.7 Å². The summed E-state index contributed by atoms with van der Waals surface area (Å²) in [6, 6.07) is 7.78. The van der Waals surface area contributed by atoms with E-state index in [-0.39, 0.29) is 0 Å². The molecule has 2 rings (SSSR count). The van der Waals surface area contributed by atoms with E-state index in [0.717, 1.165) is 11.3 Å². The maximum atomic E-state index is 13.3. The smallest absolute Gasteiger partial charge is 0.285 e. The third-order valence-corrected chi connectivity index (χ3v) is 3.62. The maximum absolute atomic E-state index is 13.3. The summed E-state index contributed by atoms with van der Waals surface area (Å²) in [5.74, 6) is -2.78. The van der Waals surface area contributed by atoms with E-state index >= 15 is 0 Å². The van der Waals surface area contributed by atoms with Crippen molar-refractivity contribution >= 4 is 29.0 Å².